The molecule has 0 bridgehead atoms. The molecule has 3 heteroatoms. The SMILES string of the molecule is CC(C)CCNCC(S)[C@H](N)Cc1ccccc1. The molecule has 0 aliphatic carbocycles. The van der Waals surface area contributed by atoms with Gasteiger partial charge in [0.2, 0.25) is 0 Å². The van der Waals surface area contributed by atoms with Gasteiger partial charge in [0.1, 0.15) is 0 Å². The third-order valence-corrected chi connectivity index (χ3v) is 3.63. The summed E-state index contributed by atoms with van der Waals surface area (Å²) in [5, 5.41) is 3.63. The van der Waals surface area contributed by atoms with Gasteiger partial charge in [-0.25, -0.2) is 0 Å². The van der Waals surface area contributed by atoms with Gasteiger partial charge in [-0.05, 0) is 30.9 Å². The Kier molecular flexibility index (Phi) is 7.40. The van der Waals surface area contributed by atoms with E-state index in [2.05, 4.69) is 56.1 Å². The van der Waals surface area contributed by atoms with Gasteiger partial charge in [0.15, 0.2) is 0 Å². The van der Waals surface area contributed by atoms with Crippen LogP contribution in [0.15, 0.2) is 30.3 Å². The van der Waals surface area contributed by atoms with Crippen LogP contribution in [0.1, 0.15) is 25.8 Å². The number of thiol groups is 1. The van der Waals surface area contributed by atoms with Crippen LogP contribution >= 0.6 is 12.6 Å². The minimum absolute atomic E-state index is 0.0993. The Bertz CT molecular complexity index is 314. The van der Waals surface area contributed by atoms with Gasteiger partial charge in [-0.1, -0.05) is 44.2 Å². The van der Waals surface area contributed by atoms with Crippen molar-refractivity contribution in [3.8, 4) is 0 Å². The topological polar surface area (TPSA) is 38.0 Å². The maximum absolute atomic E-state index is 6.17. The Morgan fingerprint density at radius 1 is 1.22 bits per heavy atom. The van der Waals surface area contributed by atoms with E-state index >= 15 is 0 Å². The molecule has 1 rings (SSSR count). The van der Waals surface area contributed by atoms with Crippen LogP contribution in [0.3, 0.4) is 0 Å². The number of nitrogens with one attached hydrogen (secondary N) is 1. The minimum Gasteiger partial charge on any atom is -0.326 e. The standard InChI is InChI=1S/C15H26N2S/c1-12(2)8-9-17-11-15(18)14(16)10-13-6-4-3-5-7-13/h3-7,12,14-15,17-18H,8-11,16H2,1-2H3/t14-,15?/m1/s1. The van der Waals surface area contributed by atoms with Crippen LogP contribution in [0.4, 0.5) is 0 Å². The van der Waals surface area contributed by atoms with E-state index in [0.717, 1.165) is 25.4 Å². The summed E-state index contributed by atoms with van der Waals surface area (Å²) in [5.41, 5.74) is 7.46. The summed E-state index contributed by atoms with van der Waals surface area (Å²) in [6.07, 6.45) is 2.09. The molecule has 0 saturated heterocycles. The van der Waals surface area contributed by atoms with Crippen molar-refractivity contribution in [2.45, 2.75) is 38.0 Å². The Hall–Kier alpha value is -0.510. The van der Waals surface area contributed by atoms with Gasteiger partial charge >= 0.3 is 0 Å². The summed E-state index contributed by atoms with van der Waals surface area (Å²) in [6.45, 7) is 6.40. The summed E-state index contributed by atoms with van der Waals surface area (Å²) in [5.74, 6) is 0.744. The molecule has 18 heavy (non-hydrogen) atoms. The van der Waals surface area contributed by atoms with Crippen molar-refractivity contribution in [3.63, 3.8) is 0 Å². The molecule has 0 spiro atoms. The van der Waals surface area contributed by atoms with Crippen LogP contribution in [0, 0.1) is 5.92 Å². The second-order valence-electron chi connectivity index (χ2n) is 5.31. The number of nitrogens with two attached hydrogens (primary N) is 1. The first-order chi connectivity index (χ1) is 8.59. The lowest BCUT2D eigenvalue weighted by Crippen LogP contribution is -2.40. The van der Waals surface area contributed by atoms with Gasteiger partial charge in [-0.2, -0.15) is 12.6 Å². The van der Waals surface area contributed by atoms with Crippen LogP contribution in [0.5, 0.6) is 0 Å². The maximum Gasteiger partial charge on any atom is 0.0296 e. The first-order valence-electron chi connectivity index (χ1n) is 6.78. The van der Waals surface area contributed by atoms with E-state index in [0.29, 0.717) is 0 Å². The van der Waals surface area contributed by atoms with E-state index in [1.165, 1.54) is 12.0 Å². The van der Waals surface area contributed by atoms with Crippen molar-refractivity contribution in [1.82, 2.24) is 5.32 Å². The van der Waals surface area contributed by atoms with Gasteiger partial charge in [-0.3, -0.25) is 0 Å². The summed E-state index contributed by atoms with van der Waals surface area (Å²) in [6, 6.07) is 10.5. The van der Waals surface area contributed by atoms with E-state index in [-0.39, 0.29) is 11.3 Å². The molecule has 0 heterocycles. The number of benzene rings is 1. The number of hydrogen-bond donors (Lipinski definition) is 3. The van der Waals surface area contributed by atoms with E-state index in [9.17, 15) is 0 Å². The normalized spacial score (nSPS) is 14.7. The third-order valence-electron chi connectivity index (χ3n) is 3.06. The molecule has 0 radical (unpaired) electrons. The van der Waals surface area contributed by atoms with Gasteiger partial charge in [0.25, 0.3) is 0 Å². The van der Waals surface area contributed by atoms with Gasteiger partial charge < -0.3 is 11.1 Å². The lowest BCUT2D eigenvalue weighted by Gasteiger charge is -2.20. The van der Waals surface area contributed by atoms with Crippen molar-refractivity contribution >= 4 is 12.6 Å². The zero-order chi connectivity index (χ0) is 13.4. The highest BCUT2D eigenvalue weighted by molar-refractivity contribution is 7.81. The summed E-state index contributed by atoms with van der Waals surface area (Å²) < 4.78 is 0. The second kappa shape index (κ2) is 8.57. The first-order valence-corrected chi connectivity index (χ1v) is 7.29. The number of rotatable bonds is 8. The zero-order valence-electron chi connectivity index (χ0n) is 11.5. The Morgan fingerprint density at radius 3 is 2.50 bits per heavy atom. The fourth-order valence-corrected chi connectivity index (χ4v) is 2.05. The zero-order valence-corrected chi connectivity index (χ0v) is 12.4. The molecule has 0 aromatic heterocycles. The predicted molar refractivity (Wildman–Crippen MR) is 83.2 cm³/mol. The molecule has 0 aliphatic heterocycles. The largest absolute Gasteiger partial charge is 0.326 e. The molecule has 1 unspecified atom stereocenters. The number of hydrogen-bond acceptors (Lipinski definition) is 3. The Labute approximate surface area is 117 Å². The van der Waals surface area contributed by atoms with Crippen LogP contribution < -0.4 is 11.1 Å². The van der Waals surface area contributed by atoms with Gasteiger partial charge in [0, 0.05) is 17.8 Å². The smallest absolute Gasteiger partial charge is 0.0296 e. The molecular weight excluding hydrogens is 240 g/mol. The molecule has 0 aliphatic rings. The van der Waals surface area contributed by atoms with Crippen LogP contribution in [0.25, 0.3) is 0 Å². The average molecular weight is 266 g/mol. The highest BCUT2D eigenvalue weighted by Gasteiger charge is 2.13. The van der Waals surface area contributed by atoms with E-state index in [4.69, 9.17) is 5.73 Å². The molecule has 102 valence electrons. The lowest BCUT2D eigenvalue weighted by molar-refractivity contribution is 0.516. The van der Waals surface area contributed by atoms with Gasteiger partial charge in [-0.15, -0.1) is 0 Å². The van der Waals surface area contributed by atoms with E-state index in [1.54, 1.807) is 0 Å². The van der Waals surface area contributed by atoms with Crippen molar-refractivity contribution in [1.29, 1.82) is 0 Å². The van der Waals surface area contributed by atoms with Crippen LogP contribution in [-0.2, 0) is 6.42 Å². The monoisotopic (exact) mass is 266 g/mol. The van der Waals surface area contributed by atoms with Crippen molar-refractivity contribution in [3.05, 3.63) is 35.9 Å². The molecule has 2 nitrogen and oxygen atoms in total. The molecule has 0 fully saturated rings. The Morgan fingerprint density at radius 2 is 1.89 bits per heavy atom. The predicted octanol–water partition coefficient (Wildman–Crippen LogP) is 2.49. The molecule has 0 amide bonds. The lowest BCUT2D eigenvalue weighted by atomic mass is 10.0. The Balaban J connectivity index is 2.22. The van der Waals surface area contributed by atoms with E-state index in [1.807, 2.05) is 6.07 Å². The maximum atomic E-state index is 6.17. The molecule has 0 saturated carbocycles. The highest BCUT2D eigenvalue weighted by atomic mass is 32.1. The molecule has 1 aromatic carbocycles. The molecule has 2 atom stereocenters. The highest BCUT2D eigenvalue weighted by Crippen LogP contribution is 2.08. The average Bonchev–Trinajstić information content (AvgIpc) is 2.35. The quantitative estimate of drug-likeness (QED) is 0.499. The van der Waals surface area contributed by atoms with Crippen molar-refractivity contribution < 1.29 is 0 Å². The minimum atomic E-state index is 0.0993. The van der Waals surface area contributed by atoms with Gasteiger partial charge in [0.05, 0.1) is 0 Å². The summed E-state index contributed by atoms with van der Waals surface area (Å²) >= 11 is 4.59. The summed E-state index contributed by atoms with van der Waals surface area (Å²) in [4.78, 5) is 0. The van der Waals surface area contributed by atoms with Crippen molar-refractivity contribution in [2.24, 2.45) is 11.7 Å². The fourth-order valence-electron chi connectivity index (χ4n) is 1.81. The molecule has 3 N–H and O–H groups in total. The third kappa shape index (κ3) is 6.43. The molecule has 1 aromatic rings. The summed E-state index contributed by atoms with van der Waals surface area (Å²) in [7, 11) is 0. The fraction of sp³-hybridized carbons (Fsp3) is 0.600. The van der Waals surface area contributed by atoms with Crippen LogP contribution in [-0.4, -0.2) is 24.4 Å². The molecular formula is C15H26N2S. The van der Waals surface area contributed by atoms with Crippen LogP contribution in [0.2, 0.25) is 0 Å². The van der Waals surface area contributed by atoms with E-state index < -0.39 is 0 Å². The first kappa shape index (κ1) is 15.5. The second-order valence-corrected chi connectivity index (χ2v) is 5.97. The van der Waals surface area contributed by atoms with Crippen molar-refractivity contribution in [2.75, 3.05) is 13.1 Å².